The summed E-state index contributed by atoms with van der Waals surface area (Å²) in [7, 11) is 0. The summed E-state index contributed by atoms with van der Waals surface area (Å²) >= 11 is 0. The summed E-state index contributed by atoms with van der Waals surface area (Å²) in [5.74, 6) is -0.314. The average Bonchev–Trinajstić information content (AvgIpc) is 2.61. The van der Waals surface area contributed by atoms with Crippen molar-refractivity contribution in [2.24, 2.45) is 0 Å². The van der Waals surface area contributed by atoms with E-state index < -0.39 is 6.10 Å². The zero-order chi connectivity index (χ0) is 11.3. The minimum absolute atomic E-state index is 0.00661. The van der Waals surface area contributed by atoms with Gasteiger partial charge in [0, 0.05) is 19.5 Å². The Morgan fingerprint density at radius 2 is 2.33 bits per heavy atom. The number of aliphatic hydroxyl groups is 2. The lowest BCUT2D eigenvalue weighted by Gasteiger charge is -2.15. The van der Waals surface area contributed by atoms with E-state index >= 15 is 0 Å². The predicted molar refractivity (Wildman–Crippen MR) is 51.9 cm³/mol. The number of amides is 2. The number of hydrogen-bond acceptors (Lipinski definition) is 4. The Morgan fingerprint density at radius 3 is 2.87 bits per heavy atom. The van der Waals surface area contributed by atoms with Gasteiger partial charge in [0.1, 0.15) is 0 Å². The van der Waals surface area contributed by atoms with Crippen molar-refractivity contribution in [3.05, 3.63) is 0 Å². The number of rotatable bonds is 5. The van der Waals surface area contributed by atoms with Crippen LogP contribution in [0.15, 0.2) is 0 Å². The Bertz CT molecular complexity index is 244. The van der Waals surface area contributed by atoms with Crippen molar-refractivity contribution in [1.82, 2.24) is 10.2 Å². The van der Waals surface area contributed by atoms with Crippen LogP contribution >= 0.6 is 0 Å². The summed E-state index contributed by atoms with van der Waals surface area (Å²) in [6, 6.07) is 0. The molecule has 1 unspecified atom stereocenters. The fourth-order valence-corrected chi connectivity index (χ4v) is 1.40. The van der Waals surface area contributed by atoms with Crippen LogP contribution < -0.4 is 5.32 Å². The number of aliphatic hydroxyl groups excluding tert-OH is 2. The second-order valence-corrected chi connectivity index (χ2v) is 3.56. The molecule has 0 spiro atoms. The third-order valence-electron chi connectivity index (χ3n) is 2.25. The zero-order valence-corrected chi connectivity index (χ0v) is 8.48. The van der Waals surface area contributed by atoms with Crippen LogP contribution in [0.2, 0.25) is 0 Å². The molecule has 3 N–H and O–H groups in total. The van der Waals surface area contributed by atoms with Gasteiger partial charge in [-0.1, -0.05) is 0 Å². The smallest absolute Gasteiger partial charge is 0.239 e. The highest BCUT2D eigenvalue weighted by Gasteiger charge is 2.22. The average molecular weight is 216 g/mol. The SMILES string of the molecule is O=C(CN1CCCC1=O)NCC(O)CO. The molecule has 1 heterocycles. The fraction of sp³-hybridized carbons (Fsp3) is 0.778. The van der Waals surface area contributed by atoms with E-state index in [0.29, 0.717) is 13.0 Å². The molecular weight excluding hydrogens is 200 g/mol. The molecule has 15 heavy (non-hydrogen) atoms. The third-order valence-corrected chi connectivity index (χ3v) is 2.25. The van der Waals surface area contributed by atoms with Crippen molar-refractivity contribution in [2.45, 2.75) is 18.9 Å². The minimum Gasteiger partial charge on any atom is -0.394 e. The van der Waals surface area contributed by atoms with Gasteiger partial charge in [-0.25, -0.2) is 0 Å². The number of likely N-dealkylation sites (tertiary alicyclic amines) is 1. The van der Waals surface area contributed by atoms with Crippen LogP contribution in [0.25, 0.3) is 0 Å². The van der Waals surface area contributed by atoms with Gasteiger partial charge in [-0.15, -0.1) is 0 Å². The Kier molecular flexibility index (Phi) is 4.51. The van der Waals surface area contributed by atoms with E-state index in [1.807, 2.05) is 0 Å². The number of hydrogen-bond donors (Lipinski definition) is 3. The summed E-state index contributed by atoms with van der Waals surface area (Å²) in [5.41, 5.74) is 0. The molecule has 1 fully saturated rings. The maximum Gasteiger partial charge on any atom is 0.239 e. The van der Waals surface area contributed by atoms with Crippen LogP contribution in [0.1, 0.15) is 12.8 Å². The van der Waals surface area contributed by atoms with Crippen LogP contribution in [0.4, 0.5) is 0 Å². The van der Waals surface area contributed by atoms with Crippen molar-refractivity contribution in [1.29, 1.82) is 0 Å². The lowest BCUT2D eigenvalue weighted by molar-refractivity contribution is -0.133. The van der Waals surface area contributed by atoms with Crippen molar-refractivity contribution in [3.8, 4) is 0 Å². The molecule has 0 aromatic rings. The van der Waals surface area contributed by atoms with Crippen LogP contribution in [-0.4, -0.2) is 59.3 Å². The van der Waals surface area contributed by atoms with Gasteiger partial charge >= 0.3 is 0 Å². The first-order valence-corrected chi connectivity index (χ1v) is 4.97. The van der Waals surface area contributed by atoms with Gasteiger partial charge in [0.25, 0.3) is 0 Å². The third kappa shape index (κ3) is 3.85. The topological polar surface area (TPSA) is 89.9 Å². The monoisotopic (exact) mass is 216 g/mol. The van der Waals surface area contributed by atoms with E-state index in [1.54, 1.807) is 0 Å². The van der Waals surface area contributed by atoms with E-state index in [0.717, 1.165) is 6.42 Å². The minimum atomic E-state index is -0.941. The van der Waals surface area contributed by atoms with Gasteiger partial charge in [-0.2, -0.15) is 0 Å². The normalized spacial score (nSPS) is 18.0. The second-order valence-electron chi connectivity index (χ2n) is 3.56. The van der Waals surface area contributed by atoms with Gasteiger partial charge < -0.3 is 20.4 Å². The van der Waals surface area contributed by atoms with Gasteiger partial charge in [0.05, 0.1) is 19.3 Å². The molecule has 1 atom stereocenters. The van der Waals surface area contributed by atoms with Gasteiger partial charge in [-0.3, -0.25) is 9.59 Å². The van der Waals surface area contributed by atoms with Crippen molar-refractivity contribution < 1.29 is 19.8 Å². The molecule has 1 rings (SSSR count). The predicted octanol–water partition coefficient (Wildman–Crippen LogP) is -1.92. The molecule has 6 heteroatoms. The summed E-state index contributed by atoms with van der Waals surface area (Å²) in [6.07, 6.45) is 0.362. The molecule has 1 aliphatic rings. The summed E-state index contributed by atoms with van der Waals surface area (Å²) in [4.78, 5) is 23.9. The van der Waals surface area contributed by atoms with Crippen LogP contribution in [0.3, 0.4) is 0 Å². The molecule has 0 saturated carbocycles. The van der Waals surface area contributed by atoms with E-state index in [2.05, 4.69) is 5.32 Å². The van der Waals surface area contributed by atoms with E-state index in [9.17, 15) is 9.59 Å². The van der Waals surface area contributed by atoms with Gasteiger partial charge in [0.15, 0.2) is 0 Å². The summed E-state index contributed by atoms with van der Waals surface area (Å²) in [5, 5.41) is 19.9. The standard InChI is InChI=1S/C9H16N2O4/c12-6-7(13)4-10-8(14)5-11-3-1-2-9(11)15/h7,12-13H,1-6H2,(H,10,14). The van der Waals surface area contributed by atoms with Crippen molar-refractivity contribution in [3.63, 3.8) is 0 Å². The number of nitrogens with zero attached hydrogens (tertiary/aromatic N) is 1. The van der Waals surface area contributed by atoms with E-state index in [1.165, 1.54) is 4.90 Å². The first-order valence-electron chi connectivity index (χ1n) is 4.97. The zero-order valence-electron chi connectivity index (χ0n) is 8.48. The lowest BCUT2D eigenvalue weighted by Crippen LogP contribution is -2.41. The highest BCUT2D eigenvalue weighted by Crippen LogP contribution is 2.08. The van der Waals surface area contributed by atoms with Gasteiger partial charge in [0.2, 0.25) is 11.8 Å². The quantitative estimate of drug-likeness (QED) is 0.499. The largest absolute Gasteiger partial charge is 0.394 e. The Morgan fingerprint density at radius 1 is 1.60 bits per heavy atom. The number of nitrogens with one attached hydrogen (secondary N) is 1. The highest BCUT2D eigenvalue weighted by molar-refractivity contribution is 5.85. The molecule has 0 aliphatic carbocycles. The molecule has 0 aromatic heterocycles. The maximum atomic E-state index is 11.3. The molecule has 0 aromatic carbocycles. The highest BCUT2D eigenvalue weighted by atomic mass is 16.3. The van der Waals surface area contributed by atoms with Crippen LogP contribution in [0, 0.1) is 0 Å². The molecule has 2 amide bonds. The number of carbonyl (C=O) groups is 2. The Balaban J connectivity index is 2.21. The Labute approximate surface area is 87.9 Å². The molecule has 86 valence electrons. The molecule has 0 bridgehead atoms. The first-order chi connectivity index (χ1) is 7.13. The summed E-state index contributed by atoms with van der Waals surface area (Å²) < 4.78 is 0. The summed E-state index contributed by atoms with van der Waals surface area (Å²) in [6.45, 7) is 0.284. The molecular formula is C9H16N2O4. The van der Waals surface area contributed by atoms with Crippen LogP contribution in [0.5, 0.6) is 0 Å². The van der Waals surface area contributed by atoms with Gasteiger partial charge in [-0.05, 0) is 6.42 Å². The van der Waals surface area contributed by atoms with E-state index in [-0.39, 0.29) is 31.5 Å². The lowest BCUT2D eigenvalue weighted by atomic mass is 10.3. The second kappa shape index (κ2) is 5.67. The van der Waals surface area contributed by atoms with Crippen molar-refractivity contribution >= 4 is 11.8 Å². The molecule has 0 radical (unpaired) electrons. The fourth-order valence-electron chi connectivity index (χ4n) is 1.40. The number of carbonyl (C=O) groups excluding carboxylic acids is 2. The molecule has 6 nitrogen and oxygen atoms in total. The van der Waals surface area contributed by atoms with E-state index in [4.69, 9.17) is 10.2 Å². The van der Waals surface area contributed by atoms with Crippen LogP contribution in [-0.2, 0) is 9.59 Å². The first kappa shape index (κ1) is 11.9. The maximum absolute atomic E-state index is 11.3. The molecule has 1 saturated heterocycles. The Hall–Kier alpha value is -1.14. The van der Waals surface area contributed by atoms with Crippen molar-refractivity contribution in [2.75, 3.05) is 26.2 Å². The molecule has 1 aliphatic heterocycles.